The van der Waals surface area contributed by atoms with Crippen molar-refractivity contribution in [3.63, 3.8) is 0 Å². The maximum atomic E-state index is 4.80. The Labute approximate surface area is 138 Å². The second kappa shape index (κ2) is 6.19. The van der Waals surface area contributed by atoms with Gasteiger partial charge in [0.2, 0.25) is 5.95 Å². The van der Waals surface area contributed by atoms with E-state index in [-0.39, 0.29) is 0 Å². The van der Waals surface area contributed by atoms with Crippen LogP contribution in [0, 0.1) is 5.92 Å². The highest BCUT2D eigenvalue weighted by Gasteiger charge is 2.24. The largest absolute Gasteiger partial charge is 0.356 e. The quantitative estimate of drug-likeness (QED) is 0.928. The SMILES string of the molecule is CC1CCCN(c2cc(-c3ccccc3)nc(NC3CC3)n2)C1. The summed E-state index contributed by atoms with van der Waals surface area (Å²) in [5.74, 6) is 2.58. The fraction of sp³-hybridized carbons (Fsp3) is 0.474. The summed E-state index contributed by atoms with van der Waals surface area (Å²) in [6.45, 7) is 4.52. The van der Waals surface area contributed by atoms with E-state index in [9.17, 15) is 0 Å². The Balaban J connectivity index is 1.69. The molecule has 2 aromatic rings. The summed E-state index contributed by atoms with van der Waals surface area (Å²) in [6, 6.07) is 13.1. The summed E-state index contributed by atoms with van der Waals surface area (Å²) in [5.41, 5.74) is 2.16. The van der Waals surface area contributed by atoms with Gasteiger partial charge in [0.15, 0.2) is 0 Å². The van der Waals surface area contributed by atoms with E-state index in [4.69, 9.17) is 9.97 Å². The highest BCUT2D eigenvalue weighted by Crippen LogP contribution is 2.29. The van der Waals surface area contributed by atoms with Gasteiger partial charge in [-0.25, -0.2) is 4.98 Å². The molecule has 2 heterocycles. The van der Waals surface area contributed by atoms with Gasteiger partial charge in [-0.3, -0.25) is 0 Å². The predicted molar refractivity (Wildman–Crippen MR) is 94.7 cm³/mol. The molecule has 2 aliphatic rings. The minimum atomic E-state index is 0.564. The highest BCUT2D eigenvalue weighted by molar-refractivity contribution is 5.65. The lowest BCUT2D eigenvalue weighted by molar-refractivity contribution is 0.444. The highest BCUT2D eigenvalue weighted by atomic mass is 15.2. The Kier molecular flexibility index (Phi) is 3.90. The van der Waals surface area contributed by atoms with Crippen LogP contribution < -0.4 is 10.2 Å². The van der Waals surface area contributed by atoms with Crippen molar-refractivity contribution in [3.05, 3.63) is 36.4 Å². The van der Waals surface area contributed by atoms with Crippen molar-refractivity contribution >= 4 is 11.8 Å². The minimum Gasteiger partial charge on any atom is -0.356 e. The average Bonchev–Trinajstić information content (AvgIpc) is 3.39. The summed E-state index contributed by atoms with van der Waals surface area (Å²) in [4.78, 5) is 12.0. The van der Waals surface area contributed by atoms with Crippen LogP contribution in [0.25, 0.3) is 11.3 Å². The number of aromatic nitrogens is 2. The molecule has 1 aromatic carbocycles. The summed E-state index contributed by atoms with van der Waals surface area (Å²) >= 11 is 0. The second-order valence-corrected chi connectivity index (χ2v) is 6.91. The zero-order valence-corrected chi connectivity index (χ0v) is 13.7. The molecule has 1 atom stereocenters. The number of piperidine rings is 1. The van der Waals surface area contributed by atoms with E-state index in [2.05, 4.69) is 47.5 Å². The van der Waals surface area contributed by atoms with Crippen LogP contribution in [0.3, 0.4) is 0 Å². The van der Waals surface area contributed by atoms with Crippen LogP contribution in [-0.2, 0) is 0 Å². The maximum absolute atomic E-state index is 4.80. The molecule has 1 aliphatic heterocycles. The lowest BCUT2D eigenvalue weighted by Gasteiger charge is -2.32. The van der Waals surface area contributed by atoms with Gasteiger partial charge in [-0.1, -0.05) is 37.3 Å². The van der Waals surface area contributed by atoms with Gasteiger partial charge in [0, 0.05) is 30.8 Å². The zero-order valence-electron chi connectivity index (χ0n) is 13.7. The van der Waals surface area contributed by atoms with E-state index in [0.717, 1.165) is 42.0 Å². The molecule has 4 heteroatoms. The first-order valence-corrected chi connectivity index (χ1v) is 8.74. The van der Waals surface area contributed by atoms with E-state index in [1.165, 1.54) is 25.7 Å². The number of rotatable bonds is 4. The molecule has 0 amide bonds. The summed E-state index contributed by atoms with van der Waals surface area (Å²) in [5, 5.41) is 3.47. The molecule has 1 unspecified atom stereocenters. The van der Waals surface area contributed by atoms with Gasteiger partial charge in [-0.15, -0.1) is 0 Å². The molecule has 120 valence electrons. The van der Waals surface area contributed by atoms with Gasteiger partial charge in [-0.05, 0) is 31.6 Å². The minimum absolute atomic E-state index is 0.564. The van der Waals surface area contributed by atoms with Gasteiger partial charge < -0.3 is 10.2 Å². The van der Waals surface area contributed by atoms with Crippen LogP contribution in [0.1, 0.15) is 32.6 Å². The van der Waals surface area contributed by atoms with E-state index in [1.807, 2.05) is 6.07 Å². The fourth-order valence-corrected chi connectivity index (χ4v) is 3.23. The lowest BCUT2D eigenvalue weighted by atomic mass is 10.0. The standard InChI is InChI=1S/C19H24N4/c1-14-6-5-11-23(13-14)18-12-17(15-7-3-2-4-8-15)21-19(22-18)20-16-9-10-16/h2-4,7-8,12,14,16H,5-6,9-11,13H2,1H3,(H,20,21,22). The first kappa shape index (κ1) is 14.5. The molecule has 4 nitrogen and oxygen atoms in total. The zero-order chi connectivity index (χ0) is 15.6. The molecule has 1 aromatic heterocycles. The molecule has 1 N–H and O–H groups in total. The first-order valence-electron chi connectivity index (χ1n) is 8.74. The lowest BCUT2D eigenvalue weighted by Crippen LogP contribution is -2.35. The van der Waals surface area contributed by atoms with Crippen LogP contribution in [0.4, 0.5) is 11.8 Å². The van der Waals surface area contributed by atoms with Gasteiger partial charge in [0.1, 0.15) is 5.82 Å². The smallest absolute Gasteiger partial charge is 0.225 e. The van der Waals surface area contributed by atoms with Crippen molar-refractivity contribution in [2.24, 2.45) is 5.92 Å². The number of hydrogen-bond donors (Lipinski definition) is 1. The molecule has 1 saturated carbocycles. The first-order chi connectivity index (χ1) is 11.3. The monoisotopic (exact) mass is 308 g/mol. The Bertz CT molecular complexity index is 666. The third kappa shape index (κ3) is 3.46. The van der Waals surface area contributed by atoms with Crippen LogP contribution in [-0.4, -0.2) is 29.1 Å². The molecule has 1 aliphatic carbocycles. The van der Waals surface area contributed by atoms with E-state index in [0.29, 0.717) is 6.04 Å². The number of nitrogens with one attached hydrogen (secondary N) is 1. The Morgan fingerprint density at radius 2 is 1.91 bits per heavy atom. The maximum Gasteiger partial charge on any atom is 0.225 e. The topological polar surface area (TPSA) is 41.1 Å². The van der Waals surface area contributed by atoms with Crippen LogP contribution in [0.2, 0.25) is 0 Å². The fourth-order valence-electron chi connectivity index (χ4n) is 3.23. The third-order valence-corrected chi connectivity index (χ3v) is 4.67. The van der Waals surface area contributed by atoms with Gasteiger partial charge >= 0.3 is 0 Å². The van der Waals surface area contributed by atoms with E-state index in [1.54, 1.807) is 0 Å². The summed E-state index contributed by atoms with van der Waals surface area (Å²) in [6.07, 6.45) is 5.03. The normalized spacial score (nSPS) is 21.3. The van der Waals surface area contributed by atoms with E-state index < -0.39 is 0 Å². The molecule has 0 spiro atoms. The van der Waals surface area contributed by atoms with Crippen molar-refractivity contribution in [3.8, 4) is 11.3 Å². The van der Waals surface area contributed by atoms with Crippen molar-refractivity contribution < 1.29 is 0 Å². The second-order valence-electron chi connectivity index (χ2n) is 6.91. The number of benzene rings is 1. The predicted octanol–water partition coefficient (Wildman–Crippen LogP) is 3.95. The molecule has 2 fully saturated rings. The Morgan fingerprint density at radius 1 is 1.09 bits per heavy atom. The van der Waals surface area contributed by atoms with Crippen LogP contribution >= 0.6 is 0 Å². The third-order valence-electron chi connectivity index (χ3n) is 4.67. The number of nitrogens with zero attached hydrogens (tertiary/aromatic N) is 3. The van der Waals surface area contributed by atoms with Crippen LogP contribution in [0.15, 0.2) is 36.4 Å². The molecule has 4 rings (SSSR count). The van der Waals surface area contributed by atoms with Crippen molar-refractivity contribution in [1.29, 1.82) is 0 Å². The molecule has 23 heavy (non-hydrogen) atoms. The molecular formula is C19H24N4. The summed E-state index contributed by atoms with van der Waals surface area (Å²) < 4.78 is 0. The van der Waals surface area contributed by atoms with Gasteiger partial charge in [0.05, 0.1) is 5.69 Å². The number of hydrogen-bond acceptors (Lipinski definition) is 4. The molecule has 0 bridgehead atoms. The van der Waals surface area contributed by atoms with Gasteiger partial charge in [-0.2, -0.15) is 4.98 Å². The van der Waals surface area contributed by atoms with Gasteiger partial charge in [0.25, 0.3) is 0 Å². The Morgan fingerprint density at radius 3 is 2.65 bits per heavy atom. The van der Waals surface area contributed by atoms with E-state index >= 15 is 0 Å². The number of anilines is 2. The molecular weight excluding hydrogens is 284 g/mol. The Hall–Kier alpha value is -2.10. The summed E-state index contributed by atoms with van der Waals surface area (Å²) in [7, 11) is 0. The van der Waals surface area contributed by atoms with Crippen molar-refractivity contribution in [2.45, 2.75) is 38.6 Å². The molecule has 0 radical (unpaired) electrons. The average molecular weight is 308 g/mol. The molecule has 1 saturated heterocycles. The van der Waals surface area contributed by atoms with Crippen LogP contribution in [0.5, 0.6) is 0 Å². The van der Waals surface area contributed by atoms with Crippen molar-refractivity contribution in [2.75, 3.05) is 23.3 Å². The van der Waals surface area contributed by atoms with Crippen molar-refractivity contribution in [1.82, 2.24) is 9.97 Å².